The van der Waals surface area contributed by atoms with Crippen LogP contribution in [0.4, 0.5) is 0 Å². The van der Waals surface area contributed by atoms with Gasteiger partial charge in [-0.3, -0.25) is 4.79 Å². The van der Waals surface area contributed by atoms with Crippen LogP contribution in [0.15, 0.2) is 0 Å². The lowest BCUT2D eigenvalue weighted by atomic mass is 9.94. The Morgan fingerprint density at radius 1 is 1.60 bits per heavy atom. The fourth-order valence-corrected chi connectivity index (χ4v) is 2.28. The summed E-state index contributed by atoms with van der Waals surface area (Å²) in [6, 6.07) is 0. The Kier molecular flexibility index (Phi) is 5.09. The van der Waals surface area contributed by atoms with Gasteiger partial charge >= 0.3 is 0 Å². The van der Waals surface area contributed by atoms with Crippen molar-refractivity contribution >= 4 is 5.91 Å². The predicted octanol–water partition coefficient (Wildman–Crippen LogP) is 1.62. The lowest BCUT2D eigenvalue weighted by Gasteiger charge is -2.34. The van der Waals surface area contributed by atoms with Gasteiger partial charge in [0.25, 0.3) is 0 Å². The van der Waals surface area contributed by atoms with E-state index in [1.807, 2.05) is 11.8 Å². The Hall–Kier alpha value is -0.570. The van der Waals surface area contributed by atoms with Gasteiger partial charge in [-0.1, -0.05) is 20.3 Å². The van der Waals surface area contributed by atoms with Crippen LogP contribution in [0.5, 0.6) is 0 Å². The Balaban J connectivity index is 2.44. The minimum absolute atomic E-state index is 0.102. The quantitative estimate of drug-likeness (QED) is 0.769. The fraction of sp³-hybridized carbons (Fsp3) is 0.917. The average Bonchev–Trinajstić information content (AvgIpc) is 2.28. The summed E-state index contributed by atoms with van der Waals surface area (Å²) >= 11 is 0. The molecule has 3 nitrogen and oxygen atoms in total. The van der Waals surface area contributed by atoms with E-state index in [1.165, 1.54) is 19.3 Å². The van der Waals surface area contributed by atoms with E-state index in [9.17, 15) is 4.79 Å². The smallest absolute Gasteiger partial charge is 0.225 e. The predicted molar refractivity (Wildman–Crippen MR) is 62.4 cm³/mol. The zero-order valence-electron chi connectivity index (χ0n) is 10.0. The number of likely N-dealkylation sites (tertiary alicyclic amines) is 1. The number of hydrogen-bond acceptors (Lipinski definition) is 2. The molecule has 0 saturated carbocycles. The third kappa shape index (κ3) is 3.49. The number of amides is 1. The van der Waals surface area contributed by atoms with Crippen molar-refractivity contribution in [2.24, 2.45) is 17.6 Å². The van der Waals surface area contributed by atoms with Crippen LogP contribution in [0.1, 0.15) is 39.5 Å². The lowest BCUT2D eigenvalue weighted by Crippen LogP contribution is -2.42. The highest BCUT2D eigenvalue weighted by molar-refractivity contribution is 5.78. The van der Waals surface area contributed by atoms with Crippen LogP contribution in [-0.4, -0.2) is 30.4 Å². The maximum Gasteiger partial charge on any atom is 0.225 e. The Morgan fingerprint density at radius 3 is 2.93 bits per heavy atom. The molecule has 1 heterocycles. The molecular formula is C12H24N2O. The molecule has 15 heavy (non-hydrogen) atoms. The molecule has 1 fully saturated rings. The molecule has 0 bridgehead atoms. The summed E-state index contributed by atoms with van der Waals surface area (Å²) in [6.07, 6.45) is 4.45. The molecule has 3 heteroatoms. The van der Waals surface area contributed by atoms with Gasteiger partial charge in [0.2, 0.25) is 5.91 Å². The Labute approximate surface area is 93.0 Å². The van der Waals surface area contributed by atoms with Crippen LogP contribution in [-0.2, 0) is 4.79 Å². The third-order valence-electron chi connectivity index (χ3n) is 3.43. The highest BCUT2D eigenvalue weighted by Gasteiger charge is 2.25. The second-order valence-corrected chi connectivity index (χ2v) is 4.68. The third-order valence-corrected chi connectivity index (χ3v) is 3.43. The van der Waals surface area contributed by atoms with Gasteiger partial charge in [-0.2, -0.15) is 0 Å². The molecule has 1 aliphatic heterocycles. The van der Waals surface area contributed by atoms with Crippen LogP contribution < -0.4 is 5.73 Å². The molecule has 0 aromatic rings. The number of hydrogen-bond donors (Lipinski definition) is 1. The van der Waals surface area contributed by atoms with Crippen LogP contribution >= 0.6 is 0 Å². The maximum atomic E-state index is 12.0. The largest absolute Gasteiger partial charge is 0.342 e. The molecule has 0 radical (unpaired) electrons. The molecule has 0 aromatic heterocycles. The van der Waals surface area contributed by atoms with Crippen LogP contribution in [0.2, 0.25) is 0 Å². The number of rotatable bonds is 4. The monoisotopic (exact) mass is 212 g/mol. The van der Waals surface area contributed by atoms with Crippen LogP contribution in [0.3, 0.4) is 0 Å². The molecule has 0 spiro atoms. The second-order valence-electron chi connectivity index (χ2n) is 4.68. The summed E-state index contributed by atoms with van der Waals surface area (Å²) in [5, 5.41) is 0. The molecule has 2 N–H and O–H groups in total. The summed E-state index contributed by atoms with van der Waals surface area (Å²) in [5.74, 6) is 1.12. The van der Waals surface area contributed by atoms with E-state index in [-0.39, 0.29) is 5.92 Å². The van der Waals surface area contributed by atoms with Gasteiger partial charge in [0.15, 0.2) is 0 Å². The summed E-state index contributed by atoms with van der Waals surface area (Å²) in [5.41, 5.74) is 5.48. The van der Waals surface area contributed by atoms with Crippen molar-refractivity contribution in [3.05, 3.63) is 0 Å². The maximum absolute atomic E-state index is 12.0. The van der Waals surface area contributed by atoms with E-state index in [4.69, 9.17) is 5.73 Å². The Morgan fingerprint density at radius 2 is 2.33 bits per heavy atom. The summed E-state index contributed by atoms with van der Waals surface area (Å²) in [6.45, 7) is 6.72. The van der Waals surface area contributed by atoms with Crippen LogP contribution in [0, 0.1) is 11.8 Å². The molecule has 2 unspecified atom stereocenters. The van der Waals surface area contributed by atoms with Gasteiger partial charge in [-0.15, -0.1) is 0 Å². The van der Waals surface area contributed by atoms with Crippen molar-refractivity contribution < 1.29 is 4.79 Å². The van der Waals surface area contributed by atoms with Crippen molar-refractivity contribution in [1.82, 2.24) is 4.90 Å². The zero-order chi connectivity index (χ0) is 11.3. The van der Waals surface area contributed by atoms with E-state index >= 15 is 0 Å². The standard InChI is InChI=1S/C12H24N2O/c1-3-11-5-4-8-14(9-11)12(15)10(2)6-7-13/h10-11H,3-9,13H2,1-2H3. The number of piperidine rings is 1. The van der Waals surface area contributed by atoms with Crippen molar-refractivity contribution in [2.75, 3.05) is 19.6 Å². The molecule has 1 rings (SSSR count). The first-order valence-electron chi connectivity index (χ1n) is 6.17. The van der Waals surface area contributed by atoms with Gasteiger partial charge in [-0.25, -0.2) is 0 Å². The first-order valence-corrected chi connectivity index (χ1v) is 6.17. The van der Waals surface area contributed by atoms with E-state index < -0.39 is 0 Å². The first kappa shape index (κ1) is 12.5. The van der Waals surface area contributed by atoms with Gasteiger partial charge in [0.05, 0.1) is 0 Å². The fourth-order valence-electron chi connectivity index (χ4n) is 2.28. The SMILES string of the molecule is CCC1CCCN(C(=O)C(C)CCN)C1. The molecule has 1 aliphatic rings. The number of nitrogens with zero attached hydrogens (tertiary/aromatic N) is 1. The summed E-state index contributed by atoms with van der Waals surface area (Å²) < 4.78 is 0. The Bertz CT molecular complexity index is 206. The van der Waals surface area contributed by atoms with Crippen molar-refractivity contribution in [1.29, 1.82) is 0 Å². The van der Waals surface area contributed by atoms with E-state index in [2.05, 4.69) is 6.92 Å². The van der Waals surface area contributed by atoms with Crippen LogP contribution in [0.25, 0.3) is 0 Å². The van der Waals surface area contributed by atoms with Gasteiger partial charge in [-0.05, 0) is 31.7 Å². The number of nitrogens with two attached hydrogens (primary N) is 1. The minimum Gasteiger partial charge on any atom is -0.342 e. The highest BCUT2D eigenvalue weighted by Crippen LogP contribution is 2.21. The molecule has 2 atom stereocenters. The molecule has 1 amide bonds. The molecule has 0 aromatic carbocycles. The number of carbonyl (C=O) groups is 1. The van der Waals surface area contributed by atoms with Crippen molar-refractivity contribution in [2.45, 2.75) is 39.5 Å². The zero-order valence-corrected chi connectivity index (χ0v) is 10.0. The summed E-state index contributed by atoms with van der Waals surface area (Å²) in [4.78, 5) is 14.1. The van der Waals surface area contributed by atoms with Crippen molar-refractivity contribution in [3.63, 3.8) is 0 Å². The van der Waals surface area contributed by atoms with Gasteiger partial charge in [0.1, 0.15) is 0 Å². The first-order chi connectivity index (χ1) is 7.19. The molecule has 1 saturated heterocycles. The number of carbonyl (C=O) groups excluding carboxylic acids is 1. The minimum atomic E-state index is 0.102. The topological polar surface area (TPSA) is 46.3 Å². The average molecular weight is 212 g/mol. The van der Waals surface area contributed by atoms with Crippen molar-refractivity contribution in [3.8, 4) is 0 Å². The van der Waals surface area contributed by atoms with E-state index in [1.54, 1.807) is 0 Å². The van der Waals surface area contributed by atoms with Gasteiger partial charge < -0.3 is 10.6 Å². The van der Waals surface area contributed by atoms with Gasteiger partial charge in [0, 0.05) is 19.0 Å². The normalized spacial score (nSPS) is 23.9. The molecular weight excluding hydrogens is 188 g/mol. The summed E-state index contributed by atoms with van der Waals surface area (Å²) in [7, 11) is 0. The molecule has 0 aliphatic carbocycles. The van der Waals surface area contributed by atoms with E-state index in [0.29, 0.717) is 18.4 Å². The van der Waals surface area contributed by atoms with E-state index in [0.717, 1.165) is 19.5 Å². The second kappa shape index (κ2) is 6.11. The molecule has 88 valence electrons. The lowest BCUT2D eigenvalue weighted by molar-refractivity contribution is -0.137. The highest BCUT2D eigenvalue weighted by atomic mass is 16.2.